The third kappa shape index (κ3) is 7.68. The fourth-order valence-electron chi connectivity index (χ4n) is 5.24. The molecule has 0 radical (unpaired) electrons. The van der Waals surface area contributed by atoms with E-state index >= 15 is 0 Å². The van der Waals surface area contributed by atoms with Crippen LogP contribution in [0.1, 0.15) is 67.7 Å². The summed E-state index contributed by atoms with van der Waals surface area (Å²) < 4.78 is 25.6. The first-order valence-corrected chi connectivity index (χ1v) is 17.6. The molecule has 0 aliphatic carbocycles. The molecule has 0 fully saturated rings. The molecule has 12 heteroatoms. The third-order valence-corrected chi connectivity index (χ3v) is 9.27. The van der Waals surface area contributed by atoms with Gasteiger partial charge in [0, 0.05) is 16.1 Å². The lowest BCUT2D eigenvalue weighted by atomic mass is 9.95. The average Bonchev–Trinajstić information content (AvgIpc) is 3.34. The average molecular weight is 801 g/mol. The number of benzene rings is 3. The first-order valence-electron chi connectivity index (χ1n) is 15.4. The van der Waals surface area contributed by atoms with Gasteiger partial charge in [-0.3, -0.25) is 9.36 Å². The fraction of sp³-hybridized carbons (Fsp3) is 0.278. The molecule has 1 aliphatic heterocycles. The van der Waals surface area contributed by atoms with E-state index in [1.54, 1.807) is 63.2 Å². The van der Waals surface area contributed by atoms with Crippen LogP contribution in [-0.4, -0.2) is 35.8 Å². The largest absolute Gasteiger partial charge is 0.491 e. The Kier molecular flexibility index (Phi) is 11.4. The van der Waals surface area contributed by atoms with E-state index in [0.717, 1.165) is 9.13 Å². The van der Waals surface area contributed by atoms with Crippen molar-refractivity contribution in [1.82, 2.24) is 4.57 Å². The molecule has 0 amide bonds. The summed E-state index contributed by atoms with van der Waals surface area (Å²) in [4.78, 5) is 44.9. The Morgan fingerprint density at radius 2 is 1.73 bits per heavy atom. The monoisotopic (exact) mass is 800 g/mol. The van der Waals surface area contributed by atoms with E-state index in [1.807, 2.05) is 38.1 Å². The highest BCUT2D eigenvalue weighted by atomic mass is 127. The second-order valence-electron chi connectivity index (χ2n) is 11.0. The topological polar surface area (TPSA) is 105 Å². The Morgan fingerprint density at radius 3 is 2.42 bits per heavy atom. The van der Waals surface area contributed by atoms with E-state index in [1.165, 1.54) is 15.9 Å². The molecule has 1 aliphatic rings. The van der Waals surface area contributed by atoms with Gasteiger partial charge in [0.05, 0.1) is 44.3 Å². The number of ether oxygens (including phenoxy) is 4. The van der Waals surface area contributed by atoms with Crippen LogP contribution in [0.25, 0.3) is 6.08 Å². The van der Waals surface area contributed by atoms with Gasteiger partial charge >= 0.3 is 11.9 Å². The number of carbonyl (C=O) groups is 2. The van der Waals surface area contributed by atoms with Crippen molar-refractivity contribution in [1.29, 1.82) is 0 Å². The van der Waals surface area contributed by atoms with Crippen LogP contribution < -0.4 is 24.4 Å². The Morgan fingerprint density at radius 1 is 1.04 bits per heavy atom. The number of thiazole rings is 1. The Bertz CT molecular complexity index is 2070. The molecule has 0 spiro atoms. The van der Waals surface area contributed by atoms with Crippen molar-refractivity contribution in [3.63, 3.8) is 0 Å². The maximum Gasteiger partial charge on any atom is 0.338 e. The molecule has 0 saturated carbocycles. The van der Waals surface area contributed by atoms with Crippen LogP contribution in [0.5, 0.6) is 11.5 Å². The number of allylic oxidation sites excluding steroid dienone is 1. The highest BCUT2D eigenvalue weighted by Gasteiger charge is 2.35. The summed E-state index contributed by atoms with van der Waals surface area (Å²) in [5, 5.41) is 0.475. The molecule has 4 aromatic rings. The molecule has 1 atom stereocenters. The van der Waals surface area contributed by atoms with Gasteiger partial charge in [0.25, 0.3) is 5.56 Å². The van der Waals surface area contributed by atoms with Crippen LogP contribution in [0.15, 0.2) is 81.7 Å². The molecule has 0 N–H and O–H groups in total. The van der Waals surface area contributed by atoms with Crippen molar-refractivity contribution < 1.29 is 28.5 Å². The van der Waals surface area contributed by atoms with Gasteiger partial charge in [-0.1, -0.05) is 53.3 Å². The highest BCUT2D eigenvalue weighted by Crippen LogP contribution is 2.36. The summed E-state index contributed by atoms with van der Waals surface area (Å²) in [5.74, 6) is 0.159. The Balaban J connectivity index is 1.60. The van der Waals surface area contributed by atoms with Gasteiger partial charge in [-0.2, -0.15) is 0 Å². The lowest BCUT2D eigenvalue weighted by Crippen LogP contribution is -2.40. The van der Waals surface area contributed by atoms with Crippen LogP contribution in [0.4, 0.5) is 0 Å². The van der Waals surface area contributed by atoms with Gasteiger partial charge in [-0.05, 0) is 99.2 Å². The van der Waals surface area contributed by atoms with Crippen LogP contribution in [0.2, 0.25) is 5.02 Å². The van der Waals surface area contributed by atoms with Gasteiger partial charge in [0.1, 0.15) is 24.1 Å². The number of aromatic nitrogens is 1. The number of carbonyl (C=O) groups excluding carboxylic acids is 2. The number of esters is 2. The number of rotatable bonds is 11. The minimum absolute atomic E-state index is 0.141. The fourth-order valence-corrected chi connectivity index (χ4v) is 7.49. The molecule has 48 heavy (non-hydrogen) atoms. The van der Waals surface area contributed by atoms with E-state index in [2.05, 4.69) is 22.6 Å². The van der Waals surface area contributed by atoms with Gasteiger partial charge in [0.2, 0.25) is 0 Å². The Labute approximate surface area is 300 Å². The number of para-hydroxylation sites is 1. The van der Waals surface area contributed by atoms with Gasteiger partial charge in [-0.25, -0.2) is 14.6 Å². The van der Waals surface area contributed by atoms with Crippen molar-refractivity contribution in [3.8, 4) is 11.5 Å². The first-order chi connectivity index (χ1) is 23.0. The zero-order valence-electron chi connectivity index (χ0n) is 27.0. The number of fused-ring (bicyclic) bond motifs is 1. The summed E-state index contributed by atoms with van der Waals surface area (Å²) in [6, 6.07) is 17.0. The van der Waals surface area contributed by atoms with Crippen molar-refractivity contribution in [3.05, 3.63) is 122 Å². The van der Waals surface area contributed by atoms with E-state index in [9.17, 15) is 14.4 Å². The molecule has 0 bridgehead atoms. The zero-order valence-corrected chi connectivity index (χ0v) is 30.8. The smallest absolute Gasteiger partial charge is 0.338 e. The van der Waals surface area contributed by atoms with E-state index < -0.39 is 12.0 Å². The number of halogens is 2. The molecule has 0 unspecified atom stereocenters. The third-order valence-electron chi connectivity index (χ3n) is 7.27. The molecule has 5 rings (SSSR count). The second-order valence-corrected chi connectivity index (χ2v) is 13.6. The lowest BCUT2D eigenvalue weighted by molar-refractivity contribution is -0.139. The van der Waals surface area contributed by atoms with Crippen molar-refractivity contribution >= 4 is 63.5 Å². The van der Waals surface area contributed by atoms with Crippen LogP contribution in [0, 0.1) is 3.57 Å². The van der Waals surface area contributed by atoms with Gasteiger partial charge in [-0.15, -0.1) is 0 Å². The van der Waals surface area contributed by atoms with Crippen LogP contribution in [-0.2, 0) is 20.9 Å². The van der Waals surface area contributed by atoms with Gasteiger partial charge < -0.3 is 18.9 Å². The van der Waals surface area contributed by atoms with E-state index in [4.69, 9.17) is 35.5 Å². The molecule has 2 heterocycles. The molecule has 9 nitrogen and oxygen atoms in total. The maximum atomic E-state index is 14.3. The van der Waals surface area contributed by atoms with Gasteiger partial charge in [0.15, 0.2) is 4.80 Å². The standard InChI is InChI=1S/C36H34ClIN2O7S/c1-6-44-34(42)23-14-12-22(13-15-23)19-46-32-24(16-25(37)18-27(32)38)17-29-33(41)40-31(26-10-8-9-11-28(26)47-20(3)4)30(35(43)45-7-2)21(5)39-36(40)48-29/h8-18,20,31H,6-7,19H2,1-5H3/b29-17-/t31-/m1/s1. The number of hydrogen-bond acceptors (Lipinski definition) is 9. The summed E-state index contributed by atoms with van der Waals surface area (Å²) >= 11 is 9.84. The normalized spacial score (nSPS) is 14.4. The lowest BCUT2D eigenvalue weighted by Gasteiger charge is -2.26. The van der Waals surface area contributed by atoms with Crippen molar-refractivity contribution in [2.24, 2.45) is 4.99 Å². The Hall–Kier alpha value is -3.94. The first kappa shape index (κ1) is 35.4. The quantitative estimate of drug-likeness (QED) is 0.124. The summed E-state index contributed by atoms with van der Waals surface area (Å²) in [7, 11) is 0. The molecular formula is C36H34ClIN2O7S. The zero-order chi connectivity index (χ0) is 34.5. The highest BCUT2D eigenvalue weighted by molar-refractivity contribution is 14.1. The van der Waals surface area contributed by atoms with E-state index in [0.29, 0.717) is 54.8 Å². The molecule has 3 aromatic carbocycles. The molecule has 0 saturated heterocycles. The van der Waals surface area contributed by atoms with Crippen molar-refractivity contribution in [2.45, 2.75) is 53.4 Å². The minimum Gasteiger partial charge on any atom is -0.491 e. The second kappa shape index (κ2) is 15.5. The summed E-state index contributed by atoms with van der Waals surface area (Å²) in [6.07, 6.45) is 1.59. The molecule has 250 valence electrons. The summed E-state index contributed by atoms with van der Waals surface area (Å²) in [5.41, 5.74) is 2.92. The molecular weight excluding hydrogens is 767 g/mol. The van der Waals surface area contributed by atoms with E-state index in [-0.39, 0.29) is 36.4 Å². The molecule has 1 aromatic heterocycles. The van der Waals surface area contributed by atoms with Crippen molar-refractivity contribution in [2.75, 3.05) is 13.2 Å². The van der Waals surface area contributed by atoms with Crippen LogP contribution in [0.3, 0.4) is 0 Å². The summed E-state index contributed by atoms with van der Waals surface area (Å²) in [6.45, 7) is 9.74. The maximum absolute atomic E-state index is 14.3. The van der Waals surface area contributed by atoms with Crippen LogP contribution >= 0.6 is 45.5 Å². The minimum atomic E-state index is -0.829. The number of hydrogen-bond donors (Lipinski definition) is 0. The predicted octanol–water partition coefficient (Wildman–Crippen LogP) is 6.60. The number of nitrogens with zero attached hydrogens (tertiary/aromatic N) is 2. The SMILES string of the molecule is CCOC(=O)C1=C(C)N=c2s/c(=C\c3cc(Cl)cc(I)c3OCc3ccc(C(=O)OCC)cc3)c(=O)n2[C@@H]1c1ccccc1OC(C)C. The predicted molar refractivity (Wildman–Crippen MR) is 194 cm³/mol.